The van der Waals surface area contributed by atoms with Crippen LogP contribution in [0.15, 0.2) is 176 Å². The second kappa shape index (κ2) is 12.1. The fourth-order valence-corrected chi connectivity index (χ4v) is 10.8. The lowest BCUT2D eigenvalue weighted by Gasteiger charge is -2.29. The van der Waals surface area contributed by atoms with Gasteiger partial charge in [-0.05, 0) is 122 Å². The molecule has 0 unspecified atom stereocenters. The van der Waals surface area contributed by atoms with Crippen LogP contribution in [-0.2, 0) is 10.8 Å². The van der Waals surface area contributed by atoms with E-state index >= 15 is 0 Å². The van der Waals surface area contributed by atoms with Gasteiger partial charge in [0.05, 0.1) is 5.69 Å². The Morgan fingerprint density at radius 1 is 0.375 bits per heavy atom. The molecule has 9 aromatic rings. The molecular formula is C54H41NS. The van der Waals surface area contributed by atoms with Gasteiger partial charge in [0.15, 0.2) is 0 Å². The monoisotopic (exact) mass is 735 g/mol. The first kappa shape index (κ1) is 33.1. The summed E-state index contributed by atoms with van der Waals surface area (Å²) in [5.74, 6) is 0. The van der Waals surface area contributed by atoms with E-state index in [0.717, 1.165) is 11.4 Å². The van der Waals surface area contributed by atoms with Crippen LogP contribution < -0.4 is 4.90 Å². The molecule has 0 saturated carbocycles. The van der Waals surface area contributed by atoms with Gasteiger partial charge < -0.3 is 4.90 Å². The molecule has 2 aliphatic rings. The Labute approximate surface area is 333 Å². The van der Waals surface area contributed by atoms with Gasteiger partial charge in [-0.25, -0.2) is 0 Å². The molecule has 0 saturated heterocycles. The zero-order valence-corrected chi connectivity index (χ0v) is 32.9. The largest absolute Gasteiger partial charge is 0.310 e. The van der Waals surface area contributed by atoms with Crippen molar-refractivity contribution in [1.29, 1.82) is 0 Å². The minimum Gasteiger partial charge on any atom is -0.310 e. The molecule has 0 N–H and O–H groups in total. The summed E-state index contributed by atoms with van der Waals surface area (Å²) in [6.45, 7) is 9.58. The zero-order valence-electron chi connectivity index (χ0n) is 32.1. The smallest absolute Gasteiger partial charge is 0.0543 e. The number of thiophene rings is 1. The molecule has 8 aromatic carbocycles. The molecule has 0 atom stereocenters. The number of rotatable bonds is 5. The Balaban J connectivity index is 1.08. The van der Waals surface area contributed by atoms with Crippen LogP contribution >= 0.6 is 11.3 Å². The van der Waals surface area contributed by atoms with Crippen molar-refractivity contribution in [1.82, 2.24) is 0 Å². The van der Waals surface area contributed by atoms with Crippen molar-refractivity contribution >= 4 is 48.6 Å². The van der Waals surface area contributed by atoms with Gasteiger partial charge in [-0.1, -0.05) is 143 Å². The topological polar surface area (TPSA) is 3.24 Å². The summed E-state index contributed by atoms with van der Waals surface area (Å²) in [6, 6.07) is 65.6. The third kappa shape index (κ3) is 4.85. The van der Waals surface area contributed by atoms with Crippen LogP contribution in [0.3, 0.4) is 0 Å². The molecule has 0 fully saturated rings. The van der Waals surface area contributed by atoms with E-state index in [1.807, 2.05) is 11.3 Å². The second-order valence-corrected chi connectivity index (χ2v) is 17.6. The van der Waals surface area contributed by atoms with Crippen molar-refractivity contribution in [2.45, 2.75) is 38.5 Å². The number of hydrogen-bond acceptors (Lipinski definition) is 2. The molecule has 2 heteroatoms. The van der Waals surface area contributed by atoms with Gasteiger partial charge in [-0.3, -0.25) is 0 Å². The maximum absolute atomic E-state index is 2.53. The number of fused-ring (bicyclic) bond motifs is 9. The molecule has 0 radical (unpaired) electrons. The summed E-state index contributed by atoms with van der Waals surface area (Å²) >= 11 is 1.87. The molecule has 2 aliphatic carbocycles. The molecule has 0 bridgehead atoms. The lowest BCUT2D eigenvalue weighted by atomic mass is 9.79. The molecule has 56 heavy (non-hydrogen) atoms. The Bertz CT molecular complexity index is 3000. The van der Waals surface area contributed by atoms with Crippen LogP contribution in [0.4, 0.5) is 17.1 Å². The van der Waals surface area contributed by atoms with Crippen molar-refractivity contribution in [3.05, 3.63) is 198 Å². The summed E-state index contributed by atoms with van der Waals surface area (Å²) in [6.07, 6.45) is 0. The predicted octanol–water partition coefficient (Wildman–Crippen LogP) is 15.5. The van der Waals surface area contributed by atoms with Crippen LogP contribution in [0.5, 0.6) is 0 Å². The van der Waals surface area contributed by atoms with Crippen LogP contribution in [0.2, 0.25) is 0 Å². The molecule has 1 heterocycles. The van der Waals surface area contributed by atoms with Gasteiger partial charge >= 0.3 is 0 Å². The van der Waals surface area contributed by atoms with E-state index in [2.05, 4.69) is 209 Å². The molecule has 0 aliphatic heterocycles. The average molecular weight is 736 g/mol. The lowest BCUT2D eigenvalue weighted by Crippen LogP contribution is -2.17. The van der Waals surface area contributed by atoms with Crippen molar-refractivity contribution in [3.63, 3.8) is 0 Å². The zero-order chi connectivity index (χ0) is 37.8. The van der Waals surface area contributed by atoms with Crippen molar-refractivity contribution < 1.29 is 0 Å². The maximum Gasteiger partial charge on any atom is 0.0543 e. The molecule has 0 amide bonds. The van der Waals surface area contributed by atoms with E-state index in [1.165, 1.54) is 92.6 Å². The summed E-state index contributed by atoms with van der Waals surface area (Å²) in [7, 11) is 0. The van der Waals surface area contributed by atoms with Gasteiger partial charge in [-0.2, -0.15) is 0 Å². The van der Waals surface area contributed by atoms with Gasteiger partial charge in [0, 0.05) is 47.9 Å². The van der Waals surface area contributed by atoms with Crippen molar-refractivity contribution in [2.24, 2.45) is 0 Å². The van der Waals surface area contributed by atoms with Crippen molar-refractivity contribution in [2.75, 3.05) is 4.90 Å². The van der Waals surface area contributed by atoms with Crippen LogP contribution in [0.1, 0.15) is 49.9 Å². The minimum atomic E-state index is -0.158. The molecule has 11 rings (SSSR count). The van der Waals surface area contributed by atoms with Gasteiger partial charge in [-0.15, -0.1) is 11.3 Å². The SMILES string of the molecule is CC1(C)c2ccccc2-c2cc3c(cc21)-c1c(N(c2ccc(-c4ccccc4)cc2)c2ccc(-c4ccc5sc6ccccc6c5c4)cc2)cccc1C3(C)C. The molecule has 0 spiro atoms. The minimum absolute atomic E-state index is 0.0795. The molecule has 268 valence electrons. The third-order valence-electron chi connectivity index (χ3n) is 12.7. The Morgan fingerprint density at radius 3 is 1.70 bits per heavy atom. The van der Waals surface area contributed by atoms with Crippen molar-refractivity contribution in [3.8, 4) is 44.5 Å². The number of hydrogen-bond donors (Lipinski definition) is 0. The van der Waals surface area contributed by atoms with E-state index in [-0.39, 0.29) is 10.8 Å². The standard InChI is InChI=1S/C54H41NS/c1-53(2)45-17-10-8-15-40(45)42-32-48-44(33-47(42)53)52-46(54(48,3)4)18-12-19-49(52)55(38-26-21-35(22-27-38)34-13-6-5-7-14-34)39-28-23-36(24-29-39)37-25-30-51-43(31-37)41-16-9-11-20-50(41)56-51/h5-33H,1-4H3. The number of nitrogens with zero attached hydrogens (tertiary/aromatic N) is 1. The molecular weight excluding hydrogens is 695 g/mol. The summed E-state index contributed by atoms with van der Waals surface area (Å²) in [5, 5.41) is 2.65. The van der Waals surface area contributed by atoms with E-state index < -0.39 is 0 Å². The second-order valence-electron chi connectivity index (χ2n) is 16.5. The van der Waals surface area contributed by atoms with Gasteiger partial charge in [0.2, 0.25) is 0 Å². The Hall–Kier alpha value is -6.22. The van der Waals surface area contributed by atoms with Gasteiger partial charge in [0.25, 0.3) is 0 Å². The van der Waals surface area contributed by atoms with E-state index in [1.54, 1.807) is 0 Å². The summed E-state index contributed by atoms with van der Waals surface area (Å²) < 4.78 is 2.66. The van der Waals surface area contributed by atoms with E-state index in [9.17, 15) is 0 Å². The highest BCUT2D eigenvalue weighted by Crippen LogP contribution is 2.58. The fourth-order valence-electron chi connectivity index (χ4n) is 9.72. The van der Waals surface area contributed by atoms with Crippen LogP contribution in [0.25, 0.3) is 64.7 Å². The first-order valence-corrected chi connectivity index (χ1v) is 20.5. The average Bonchev–Trinajstić information content (AvgIpc) is 3.80. The highest BCUT2D eigenvalue weighted by molar-refractivity contribution is 7.25. The normalized spacial score (nSPS) is 14.4. The number of anilines is 3. The Kier molecular flexibility index (Phi) is 7.18. The van der Waals surface area contributed by atoms with Crippen LogP contribution in [-0.4, -0.2) is 0 Å². The highest BCUT2D eigenvalue weighted by Gasteiger charge is 2.42. The number of benzene rings is 8. The Morgan fingerprint density at radius 2 is 0.929 bits per heavy atom. The summed E-state index contributed by atoms with van der Waals surface area (Å²) in [4.78, 5) is 2.48. The molecule has 1 nitrogen and oxygen atoms in total. The van der Waals surface area contributed by atoms with Crippen LogP contribution in [0, 0.1) is 0 Å². The molecule has 1 aromatic heterocycles. The lowest BCUT2D eigenvalue weighted by molar-refractivity contribution is 0.652. The quantitative estimate of drug-likeness (QED) is 0.170. The highest BCUT2D eigenvalue weighted by atomic mass is 32.1. The third-order valence-corrected chi connectivity index (χ3v) is 13.8. The van der Waals surface area contributed by atoms with Gasteiger partial charge in [0.1, 0.15) is 0 Å². The fraction of sp³-hybridized carbons (Fsp3) is 0.111. The first-order chi connectivity index (χ1) is 27.3. The van der Waals surface area contributed by atoms with E-state index in [0.29, 0.717) is 0 Å². The summed E-state index contributed by atoms with van der Waals surface area (Å²) in [5.41, 5.74) is 19.1. The van der Waals surface area contributed by atoms with E-state index in [4.69, 9.17) is 0 Å². The predicted molar refractivity (Wildman–Crippen MR) is 240 cm³/mol. The first-order valence-electron chi connectivity index (χ1n) is 19.7. The maximum atomic E-state index is 2.53.